The van der Waals surface area contributed by atoms with Gasteiger partial charge in [0, 0.05) is 6.54 Å². The Balaban J connectivity index is 1.88. The Morgan fingerprint density at radius 3 is 2.73 bits per heavy atom. The second kappa shape index (κ2) is 4.25. The third kappa shape index (κ3) is 2.43. The van der Waals surface area contributed by atoms with Crippen LogP contribution in [0.1, 0.15) is 29.8 Å². The second-order valence-electron chi connectivity index (χ2n) is 3.79. The zero-order valence-electron chi connectivity index (χ0n) is 8.31. The predicted molar refractivity (Wildman–Crippen MR) is 54.8 cm³/mol. The molecule has 5 nitrogen and oxygen atoms in total. The Morgan fingerprint density at radius 2 is 2.27 bits per heavy atom. The minimum absolute atomic E-state index is 0.0239. The van der Waals surface area contributed by atoms with Gasteiger partial charge in [0.1, 0.15) is 5.82 Å². The quantitative estimate of drug-likeness (QED) is 0.780. The molecule has 0 aliphatic heterocycles. The zero-order valence-corrected chi connectivity index (χ0v) is 8.31. The summed E-state index contributed by atoms with van der Waals surface area (Å²) in [6.45, 7) is 0.904. The first-order valence-corrected chi connectivity index (χ1v) is 5.06. The number of aromatic nitrogens is 2. The molecule has 1 saturated carbocycles. The Bertz CT molecular complexity index is 346. The average Bonchev–Trinajstić information content (AvgIpc) is 2.16. The molecule has 0 atom stereocenters. The summed E-state index contributed by atoms with van der Waals surface area (Å²) >= 11 is 0. The lowest BCUT2D eigenvalue weighted by atomic mass is 9.85. The lowest BCUT2D eigenvalue weighted by Crippen LogP contribution is -2.21. The topological polar surface area (TPSA) is 75.1 Å². The lowest BCUT2D eigenvalue weighted by molar-refractivity contribution is 0.0689. The fourth-order valence-corrected chi connectivity index (χ4v) is 1.49. The fourth-order valence-electron chi connectivity index (χ4n) is 1.49. The van der Waals surface area contributed by atoms with Gasteiger partial charge in [-0.05, 0) is 30.9 Å². The number of carboxylic acids is 1. The van der Waals surface area contributed by atoms with Gasteiger partial charge in [0.2, 0.25) is 0 Å². The number of carbonyl (C=O) groups is 1. The van der Waals surface area contributed by atoms with Gasteiger partial charge in [0.25, 0.3) is 0 Å². The van der Waals surface area contributed by atoms with Crippen LogP contribution < -0.4 is 5.32 Å². The van der Waals surface area contributed by atoms with Crippen molar-refractivity contribution >= 4 is 11.8 Å². The molecule has 1 heterocycles. The highest BCUT2D eigenvalue weighted by molar-refractivity contribution is 5.85. The maximum absolute atomic E-state index is 10.5. The van der Waals surface area contributed by atoms with E-state index in [0.29, 0.717) is 5.82 Å². The van der Waals surface area contributed by atoms with Gasteiger partial charge in [-0.2, -0.15) is 0 Å². The van der Waals surface area contributed by atoms with Gasteiger partial charge < -0.3 is 10.4 Å². The van der Waals surface area contributed by atoms with E-state index < -0.39 is 5.97 Å². The standard InChI is InChI=1S/C10H13N3O2/c14-10(15)8-4-5-9(13-12-8)11-6-7-2-1-3-7/h4-5,7H,1-3,6H2,(H,11,13)(H,14,15). The van der Waals surface area contributed by atoms with E-state index >= 15 is 0 Å². The number of anilines is 1. The molecular formula is C10H13N3O2. The minimum atomic E-state index is -1.05. The molecule has 1 aliphatic carbocycles. The number of carboxylic acid groups (broad SMARTS) is 1. The molecule has 5 heteroatoms. The molecule has 0 radical (unpaired) electrons. The number of nitrogens with zero attached hydrogens (tertiary/aromatic N) is 2. The summed E-state index contributed by atoms with van der Waals surface area (Å²) in [7, 11) is 0. The van der Waals surface area contributed by atoms with E-state index in [-0.39, 0.29) is 5.69 Å². The van der Waals surface area contributed by atoms with Crippen LogP contribution in [0.3, 0.4) is 0 Å². The van der Waals surface area contributed by atoms with Crippen molar-refractivity contribution in [2.45, 2.75) is 19.3 Å². The molecule has 2 N–H and O–H groups in total. The minimum Gasteiger partial charge on any atom is -0.476 e. The monoisotopic (exact) mass is 207 g/mol. The summed E-state index contributed by atoms with van der Waals surface area (Å²) in [6.07, 6.45) is 3.86. The average molecular weight is 207 g/mol. The molecule has 1 fully saturated rings. The van der Waals surface area contributed by atoms with Crippen molar-refractivity contribution in [1.29, 1.82) is 0 Å². The first-order valence-electron chi connectivity index (χ1n) is 5.06. The van der Waals surface area contributed by atoms with E-state index in [0.717, 1.165) is 12.5 Å². The smallest absolute Gasteiger partial charge is 0.356 e. The van der Waals surface area contributed by atoms with E-state index in [4.69, 9.17) is 5.11 Å². The number of aromatic carboxylic acids is 1. The van der Waals surface area contributed by atoms with Gasteiger partial charge >= 0.3 is 5.97 Å². The van der Waals surface area contributed by atoms with E-state index in [9.17, 15) is 4.79 Å². The van der Waals surface area contributed by atoms with Crippen LogP contribution in [0.25, 0.3) is 0 Å². The molecule has 0 aromatic carbocycles. The number of nitrogens with one attached hydrogen (secondary N) is 1. The van der Waals surface area contributed by atoms with Gasteiger partial charge in [-0.15, -0.1) is 10.2 Å². The summed E-state index contributed by atoms with van der Waals surface area (Å²) in [5, 5.41) is 19.1. The van der Waals surface area contributed by atoms with Crippen LogP contribution in [-0.2, 0) is 0 Å². The van der Waals surface area contributed by atoms with E-state index in [1.165, 1.54) is 25.3 Å². The SMILES string of the molecule is O=C(O)c1ccc(NCC2CCC2)nn1. The van der Waals surface area contributed by atoms with Gasteiger partial charge in [-0.25, -0.2) is 4.79 Å². The molecule has 1 aliphatic rings. The summed E-state index contributed by atoms with van der Waals surface area (Å²) in [4.78, 5) is 10.5. The molecular weight excluding hydrogens is 194 g/mol. The van der Waals surface area contributed by atoms with Crippen LogP contribution in [0.15, 0.2) is 12.1 Å². The second-order valence-corrected chi connectivity index (χ2v) is 3.79. The Hall–Kier alpha value is -1.65. The molecule has 1 aromatic heterocycles. The third-order valence-corrected chi connectivity index (χ3v) is 2.68. The molecule has 0 amide bonds. The molecule has 80 valence electrons. The molecule has 0 bridgehead atoms. The van der Waals surface area contributed by atoms with Gasteiger partial charge in [0.05, 0.1) is 0 Å². The third-order valence-electron chi connectivity index (χ3n) is 2.68. The highest BCUT2D eigenvalue weighted by atomic mass is 16.4. The van der Waals surface area contributed by atoms with Crippen molar-refractivity contribution in [3.05, 3.63) is 17.8 Å². The summed E-state index contributed by atoms with van der Waals surface area (Å²) < 4.78 is 0. The largest absolute Gasteiger partial charge is 0.476 e. The summed E-state index contributed by atoms with van der Waals surface area (Å²) in [5.74, 6) is 0.339. The van der Waals surface area contributed by atoms with Crippen molar-refractivity contribution in [1.82, 2.24) is 10.2 Å². The maximum atomic E-state index is 10.5. The molecule has 0 unspecified atom stereocenters. The van der Waals surface area contributed by atoms with Crippen molar-refractivity contribution in [3.8, 4) is 0 Å². The van der Waals surface area contributed by atoms with Crippen molar-refractivity contribution < 1.29 is 9.90 Å². The van der Waals surface area contributed by atoms with E-state index in [2.05, 4.69) is 15.5 Å². The predicted octanol–water partition coefficient (Wildman–Crippen LogP) is 1.39. The summed E-state index contributed by atoms with van der Waals surface area (Å²) in [6, 6.07) is 3.10. The van der Waals surface area contributed by atoms with Gasteiger partial charge in [0.15, 0.2) is 5.69 Å². The van der Waals surface area contributed by atoms with Crippen LogP contribution in [0.2, 0.25) is 0 Å². The van der Waals surface area contributed by atoms with Gasteiger partial charge in [-0.1, -0.05) is 6.42 Å². The van der Waals surface area contributed by atoms with Crippen molar-refractivity contribution in [2.24, 2.45) is 5.92 Å². The van der Waals surface area contributed by atoms with Crippen LogP contribution in [0, 0.1) is 5.92 Å². The molecule has 1 aromatic rings. The first kappa shape index (κ1) is 9.89. The Labute approximate surface area is 87.5 Å². The molecule has 2 rings (SSSR count). The maximum Gasteiger partial charge on any atom is 0.356 e. The Morgan fingerprint density at radius 1 is 1.47 bits per heavy atom. The highest BCUT2D eigenvalue weighted by Gasteiger charge is 2.16. The molecule has 15 heavy (non-hydrogen) atoms. The van der Waals surface area contributed by atoms with Crippen LogP contribution >= 0.6 is 0 Å². The molecule has 0 spiro atoms. The van der Waals surface area contributed by atoms with Crippen LogP contribution in [0.5, 0.6) is 0 Å². The van der Waals surface area contributed by atoms with Crippen LogP contribution in [-0.4, -0.2) is 27.8 Å². The Kier molecular flexibility index (Phi) is 2.80. The zero-order chi connectivity index (χ0) is 10.7. The fraction of sp³-hybridized carbons (Fsp3) is 0.500. The number of rotatable bonds is 4. The van der Waals surface area contributed by atoms with Crippen molar-refractivity contribution in [3.63, 3.8) is 0 Å². The normalized spacial score (nSPS) is 15.7. The molecule has 0 saturated heterocycles. The van der Waals surface area contributed by atoms with Gasteiger partial charge in [-0.3, -0.25) is 0 Å². The van der Waals surface area contributed by atoms with Crippen molar-refractivity contribution in [2.75, 3.05) is 11.9 Å². The van der Waals surface area contributed by atoms with E-state index in [1.54, 1.807) is 6.07 Å². The van der Waals surface area contributed by atoms with E-state index in [1.807, 2.05) is 0 Å². The summed E-state index contributed by atoms with van der Waals surface area (Å²) in [5.41, 5.74) is -0.0239. The highest BCUT2D eigenvalue weighted by Crippen LogP contribution is 2.26. The van der Waals surface area contributed by atoms with Crippen LogP contribution in [0.4, 0.5) is 5.82 Å². The first-order chi connectivity index (χ1) is 7.25. The number of hydrogen-bond donors (Lipinski definition) is 2. The lowest BCUT2D eigenvalue weighted by Gasteiger charge is -2.25. The number of hydrogen-bond acceptors (Lipinski definition) is 4.